The van der Waals surface area contributed by atoms with Gasteiger partial charge < -0.3 is 9.13 Å². The van der Waals surface area contributed by atoms with Crippen molar-refractivity contribution in [2.24, 2.45) is 0 Å². The summed E-state index contributed by atoms with van der Waals surface area (Å²) in [7, 11) is 0. The van der Waals surface area contributed by atoms with E-state index < -0.39 is 0 Å². The van der Waals surface area contributed by atoms with Crippen molar-refractivity contribution in [1.29, 1.82) is 47.4 Å². The quantitative estimate of drug-likeness (QED) is 0.146. The van der Waals surface area contributed by atoms with Crippen LogP contribution < -0.4 is 0 Å². The smallest absolute Gasteiger partial charge is 0.0998 e. The molecule has 362 valence electrons. The standard InChI is InChI=1S/C68H30N12/c69-29-40-1-7-45(8-2-40)68-66(79-62-25-46(54-13-3-41(30-70)21-50(54)34-74)9-17-58(62)59-18-10-47(26-63(59)79)55-14-4-42(31-71)22-51(55)35-75)38-78-39-67(68)80-64-27-48(56-15-5-43(32-72)23-52(56)36-76)11-19-60(64)61-20-12-49(28-65(61)80)57-16-6-44(33-73)24-53(57)37-77/h1-28,38-39H. The van der Waals surface area contributed by atoms with Gasteiger partial charge in [-0.3, -0.25) is 4.98 Å². The number of nitrogens with zero attached hydrogens (tertiary/aromatic N) is 12. The molecule has 3 aromatic heterocycles. The van der Waals surface area contributed by atoms with E-state index >= 15 is 0 Å². The van der Waals surface area contributed by atoms with Crippen LogP contribution in [0, 0.1) is 102 Å². The Kier molecular flexibility index (Phi) is 11.7. The molecule has 0 bridgehead atoms. The molecule has 0 aliphatic heterocycles. The van der Waals surface area contributed by atoms with Crippen molar-refractivity contribution in [3.63, 3.8) is 0 Å². The van der Waals surface area contributed by atoms with E-state index in [1.54, 1.807) is 97.3 Å². The van der Waals surface area contributed by atoms with E-state index in [9.17, 15) is 47.4 Å². The third kappa shape index (κ3) is 7.82. The first-order valence-corrected chi connectivity index (χ1v) is 24.7. The molecule has 0 saturated heterocycles. The molecular formula is C68H30N12. The van der Waals surface area contributed by atoms with Crippen molar-refractivity contribution >= 4 is 43.6 Å². The zero-order valence-corrected chi connectivity index (χ0v) is 41.7. The molecule has 0 aliphatic carbocycles. The molecule has 0 unspecified atom stereocenters. The van der Waals surface area contributed by atoms with Crippen molar-refractivity contribution in [2.75, 3.05) is 0 Å². The molecule has 12 rings (SSSR count). The van der Waals surface area contributed by atoms with Crippen molar-refractivity contribution in [1.82, 2.24) is 14.1 Å². The molecule has 0 N–H and O–H groups in total. The molecule has 80 heavy (non-hydrogen) atoms. The van der Waals surface area contributed by atoms with E-state index in [0.29, 0.717) is 117 Å². The van der Waals surface area contributed by atoms with E-state index in [1.165, 1.54) is 0 Å². The molecule has 12 aromatic rings. The predicted octanol–water partition coefficient (Wildman–Crippen LogP) is 14.5. The molecule has 0 fully saturated rings. The van der Waals surface area contributed by atoms with Gasteiger partial charge in [0.25, 0.3) is 0 Å². The first kappa shape index (κ1) is 48.1. The van der Waals surface area contributed by atoms with Crippen LogP contribution in [-0.4, -0.2) is 14.1 Å². The highest BCUT2D eigenvalue weighted by atomic mass is 15.0. The number of aromatic nitrogens is 3. The van der Waals surface area contributed by atoms with Crippen LogP contribution in [0.5, 0.6) is 0 Å². The summed E-state index contributed by atoms with van der Waals surface area (Å²) < 4.78 is 4.20. The van der Waals surface area contributed by atoms with Crippen molar-refractivity contribution in [3.05, 3.63) is 232 Å². The number of rotatable bonds is 7. The summed E-state index contributed by atoms with van der Waals surface area (Å²) in [5.41, 5.74) is 13.8. The Labute approximate surface area is 456 Å². The predicted molar refractivity (Wildman–Crippen MR) is 303 cm³/mol. The SMILES string of the molecule is N#Cc1ccc(-c2c(-n3c4cc(-c5ccc(C#N)cc5C#N)ccc4c4ccc(-c5ccc(C#N)cc5C#N)cc43)cncc2-n2c3cc(-c4ccc(C#N)cc4C#N)ccc3c3ccc(-c4ccc(C#N)cc4C#N)cc32)cc1. The van der Waals surface area contributed by atoms with Gasteiger partial charge in [-0.15, -0.1) is 0 Å². The molecule has 3 heterocycles. The second-order valence-corrected chi connectivity index (χ2v) is 18.8. The molecule has 0 saturated carbocycles. The van der Waals surface area contributed by atoms with Gasteiger partial charge in [-0.2, -0.15) is 47.4 Å². The van der Waals surface area contributed by atoms with Gasteiger partial charge in [0.2, 0.25) is 0 Å². The molecule has 0 atom stereocenters. The van der Waals surface area contributed by atoms with E-state index in [1.807, 2.05) is 84.9 Å². The van der Waals surface area contributed by atoms with E-state index in [4.69, 9.17) is 4.98 Å². The van der Waals surface area contributed by atoms with E-state index in [-0.39, 0.29) is 0 Å². The van der Waals surface area contributed by atoms with E-state index in [2.05, 4.69) is 63.8 Å². The van der Waals surface area contributed by atoms with Crippen LogP contribution in [0.25, 0.3) is 111 Å². The van der Waals surface area contributed by atoms with Crippen LogP contribution in [0.1, 0.15) is 50.1 Å². The highest BCUT2D eigenvalue weighted by Crippen LogP contribution is 2.45. The van der Waals surface area contributed by atoms with Crippen LogP contribution in [0.3, 0.4) is 0 Å². The third-order valence-electron chi connectivity index (χ3n) is 14.5. The number of fused-ring (bicyclic) bond motifs is 6. The Morgan fingerprint density at radius 2 is 0.525 bits per heavy atom. The molecule has 12 heteroatoms. The van der Waals surface area contributed by atoms with Crippen LogP contribution >= 0.6 is 0 Å². The van der Waals surface area contributed by atoms with Gasteiger partial charge in [0.1, 0.15) is 0 Å². The van der Waals surface area contributed by atoms with Crippen molar-refractivity contribution in [3.8, 4) is 122 Å². The maximum Gasteiger partial charge on any atom is 0.0998 e. The number of benzene rings is 9. The minimum Gasteiger partial charge on any atom is -0.307 e. The minimum absolute atomic E-state index is 0.316. The number of hydrogen-bond donors (Lipinski definition) is 0. The van der Waals surface area contributed by atoms with Gasteiger partial charge in [-0.1, -0.05) is 84.9 Å². The fourth-order valence-electron chi connectivity index (χ4n) is 10.8. The van der Waals surface area contributed by atoms with Gasteiger partial charge in [0, 0.05) is 27.1 Å². The average Bonchev–Trinajstić information content (AvgIpc) is 4.09. The Balaban J connectivity index is 1.23. The lowest BCUT2D eigenvalue weighted by Gasteiger charge is -2.20. The lowest BCUT2D eigenvalue weighted by molar-refractivity contribution is 1.09. The normalized spacial score (nSPS) is 10.6. The van der Waals surface area contributed by atoms with Gasteiger partial charge >= 0.3 is 0 Å². The van der Waals surface area contributed by atoms with Gasteiger partial charge in [0.05, 0.1) is 151 Å². The largest absolute Gasteiger partial charge is 0.307 e. The summed E-state index contributed by atoms with van der Waals surface area (Å²) >= 11 is 0. The molecule has 0 radical (unpaired) electrons. The average molecular weight is 1020 g/mol. The number of pyridine rings is 1. The summed E-state index contributed by atoms with van der Waals surface area (Å²) in [6.45, 7) is 0. The van der Waals surface area contributed by atoms with Gasteiger partial charge in [0.15, 0.2) is 0 Å². The lowest BCUT2D eigenvalue weighted by atomic mass is 9.96. The summed E-state index contributed by atoms with van der Waals surface area (Å²) in [6, 6.07) is 71.0. The highest BCUT2D eigenvalue weighted by molar-refractivity contribution is 6.14. The molecule has 0 amide bonds. The first-order valence-electron chi connectivity index (χ1n) is 24.7. The fourth-order valence-corrected chi connectivity index (χ4v) is 10.8. The van der Waals surface area contributed by atoms with Gasteiger partial charge in [-0.25, -0.2) is 0 Å². The minimum atomic E-state index is 0.316. The summed E-state index contributed by atoms with van der Waals surface area (Å²) in [5.74, 6) is 0. The fraction of sp³-hybridized carbons (Fsp3) is 0. The first-order chi connectivity index (χ1) is 39.2. The lowest BCUT2D eigenvalue weighted by Crippen LogP contribution is -2.05. The second-order valence-electron chi connectivity index (χ2n) is 18.8. The highest BCUT2D eigenvalue weighted by Gasteiger charge is 2.25. The topological polar surface area (TPSA) is 237 Å². The molecule has 0 spiro atoms. The Morgan fingerprint density at radius 3 is 0.787 bits per heavy atom. The molecule has 12 nitrogen and oxygen atoms in total. The maximum absolute atomic E-state index is 10.4. The van der Waals surface area contributed by atoms with Crippen LogP contribution in [0.2, 0.25) is 0 Å². The van der Waals surface area contributed by atoms with Crippen molar-refractivity contribution < 1.29 is 0 Å². The molecule has 0 aliphatic rings. The van der Waals surface area contributed by atoms with E-state index in [0.717, 1.165) is 43.6 Å². The molecular weight excluding hydrogens is 985 g/mol. The van der Waals surface area contributed by atoms with Crippen molar-refractivity contribution in [2.45, 2.75) is 0 Å². The van der Waals surface area contributed by atoms with Crippen LogP contribution in [-0.2, 0) is 0 Å². The zero-order chi connectivity index (χ0) is 55.2. The second kappa shape index (κ2) is 19.4. The Hall–Kier alpha value is -12.9. The molecule has 9 aromatic carbocycles. The number of nitriles is 9. The maximum atomic E-state index is 10.4. The summed E-state index contributed by atoms with van der Waals surface area (Å²) in [5, 5.41) is 94.3. The van der Waals surface area contributed by atoms with Gasteiger partial charge in [-0.05, 0) is 135 Å². The third-order valence-corrected chi connectivity index (χ3v) is 14.5. The number of hydrogen-bond acceptors (Lipinski definition) is 10. The zero-order valence-electron chi connectivity index (χ0n) is 41.7. The summed E-state index contributed by atoms with van der Waals surface area (Å²) in [6.07, 6.45) is 3.55. The summed E-state index contributed by atoms with van der Waals surface area (Å²) in [4.78, 5) is 5.06. The Morgan fingerprint density at radius 1 is 0.263 bits per heavy atom. The monoisotopic (exact) mass is 1010 g/mol. The Bertz CT molecular complexity index is 4570. The van der Waals surface area contributed by atoms with Crippen LogP contribution in [0.15, 0.2) is 182 Å². The van der Waals surface area contributed by atoms with Crippen LogP contribution in [0.4, 0.5) is 0 Å².